The first-order valence-corrected chi connectivity index (χ1v) is 13.9. The molecule has 0 saturated heterocycles. The van der Waals surface area contributed by atoms with Crippen molar-refractivity contribution in [2.45, 2.75) is 33.9 Å². The zero-order valence-corrected chi connectivity index (χ0v) is 24.4. The van der Waals surface area contributed by atoms with E-state index in [0.29, 0.717) is 33.8 Å². The monoisotopic (exact) mass is 590 g/mol. The van der Waals surface area contributed by atoms with E-state index in [1.807, 2.05) is 44.9 Å². The molecule has 0 aliphatic heterocycles. The fraction of sp³-hybridized carbons (Fsp3) is 0.241. The molecule has 5 aromatic heterocycles. The van der Waals surface area contributed by atoms with Gasteiger partial charge in [0.05, 0.1) is 34.4 Å². The van der Waals surface area contributed by atoms with Gasteiger partial charge in [0.2, 0.25) is 5.78 Å². The van der Waals surface area contributed by atoms with Crippen molar-refractivity contribution in [2.24, 2.45) is 5.41 Å². The van der Waals surface area contributed by atoms with E-state index in [0.717, 1.165) is 4.88 Å². The lowest BCUT2D eigenvalue weighted by molar-refractivity contribution is 0.0751. The molecule has 5 heterocycles. The molecule has 41 heavy (non-hydrogen) atoms. The van der Waals surface area contributed by atoms with Crippen molar-refractivity contribution in [3.8, 4) is 22.6 Å². The van der Waals surface area contributed by atoms with Crippen LogP contribution in [0.25, 0.3) is 22.6 Å². The molecule has 0 fully saturated rings. The van der Waals surface area contributed by atoms with E-state index < -0.39 is 16.8 Å². The largest absolute Gasteiger partial charge is 0.364 e. The molecule has 5 aromatic rings. The van der Waals surface area contributed by atoms with E-state index in [9.17, 15) is 14.4 Å². The van der Waals surface area contributed by atoms with Crippen molar-refractivity contribution in [1.82, 2.24) is 24.5 Å². The van der Waals surface area contributed by atoms with Crippen molar-refractivity contribution >= 4 is 40.4 Å². The summed E-state index contributed by atoms with van der Waals surface area (Å²) in [5.74, 6) is -0.122. The molecule has 0 aromatic carbocycles. The Kier molecular flexibility index (Phi) is 7.74. The summed E-state index contributed by atoms with van der Waals surface area (Å²) in [6.45, 7) is 5.62. The number of rotatable bonds is 8. The first-order valence-electron chi connectivity index (χ1n) is 12.7. The molecule has 0 saturated carbocycles. The topological polar surface area (TPSA) is 116 Å². The van der Waals surface area contributed by atoms with Crippen LogP contribution in [0, 0.1) is 5.41 Å². The van der Waals surface area contributed by atoms with Crippen LogP contribution in [0.4, 0.5) is 5.82 Å². The number of Topliss-reactive ketones (excluding diaryl/α,β-unsaturated/α-hetero) is 1. The molecule has 0 aliphatic carbocycles. The SMILES string of the molecule is CN(Cc1ccc(Cl)s1)c1cc(-c2ccc(-c3ccccn3)n(CC(=O)c3ccon3)c2=O)nn1C(=O)C(C)(C)C. The zero-order valence-electron chi connectivity index (χ0n) is 22.9. The van der Waals surface area contributed by atoms with Crippen molar-refractivity contribution in [3.05, 3.63) is 92.3 Å². The molecule has 12 heteroatoms. The van der Waals surface area contributed by atoms with E-state index in [-0.39, 0.29) is 23.7 Å². The van der Waals surface area contributed by atoms with Crippen molar-refractivity contribution in [3.63, 3.8) is 0 Å². The van der Waals surface area contributed by atoms with Crippen LogP contribution in [-0.2, 0) is 13.1 Å². The maximum Gasteiger partial charge on any atom is 0.261 e. The number of carbonyl (C=O) groups is 2. The summed E-state index contributed by atoms with van der Waals surface area (Å²) in [5.41, 5.74) is 0.406. The normalized spacial score (nSPS) is 11.5. The van der Waals surface area contributed by atoms with E-state index in [4.69, 9.17) is 16.1 Å². The van der Waals surface area contributed by atoms with Crippen molar-refractivity contribution < 1.29 is 14.1 Å². The number of ketones is 1. The molecule has 0 bridgehead atoms. The second-order valence-corrected chi connectivity index (χ2v) is 12.3. The lowest BCUT2D eigenvalue weighted by Crippen LogP contribution is -2.31. The van der Waals surface area contributed by atoms with Crippen LogP contribution in [0.15, 0.2) is 76.4 Å². The third kappa shape index (κ3) is 5.91. The lowest BCUT2D eigenvalue weighted by Gasteiger charge is -2.22. The first kappa shape index (κ1) is 28.2. The Bertz CT molecular complexity index is 1770. The number of aromatic nitrogens is 5. The van der Waals surface area contributed by atoms with Gasteiger partial charge < -0.3 is 9.42 Å². The van der Waals surface area contributed by atoms with Gasteiger partial charge in [0.1, 0.15) is 17.8 Å². The number of nitrogens with zero attached hydrogens (tertiary/aromatic N) is 6. The quantitative estimate of drug-likeness (QED) is 0.212. The highest BCUT2D eigenvalue weighted by Gasteiger charge is 2.29. The van der Waals surface area contributed by atoms with Gasteiger partial charge in [-0.3, -0.25) is 23.9 Å². The molecule has 10 nitrogen and oxygen atoms in total. The van der Waals surface area contributed by atoms with Gasteiger partial charge in [-0.15, -0.1) is 11.3 Å². The average Bonchev–Trinajstić information content (AvgIpc) is 3.71. The summed E-state index contributed by atoms with van der Waals surface area (Å²) in [6, 6.07) is 15.6. The Morgan fingerprint density at radius 2 is 1.88 bits per heavy atom. The third-order valence-corrected chi connectivity index (χ3v) is 7.56. The Labute approximate surface area is 244 Å². The second-order valence-electron chi connectivity index (χ2n) is 10.5. The molecule has 0 radical (unpaired) electrons. The maximum absolute atomic E-state index is 14.0. The van der Waals surface area contributed by atoms with Gasteiger partial charge in [0, 0.05) is 35.7 Å². The maximum atomic E-state index is 14.0. The fourth-order valence-corrected chi connectivity index (χ4v) is 5.38. The van der Waals surface area contributed by atoms with Crippen molar-refractivity contribution in [1.29, 1.82) is 0 Å². The van der Waals surface area contributed by atoms with Crippen molar-refractivity contribution in [2.75, 3.05) is 11.9 Å². The number of hydrogen-bond donors (Lipinski definition) is 0. The number of hydrogen-bond acceptors (Lipinski definition) is 9. The molecule has 0 aliphatic rings. The highest BCUT2D eigenvalue weighted by Crippen LogP contribution is 2.30. The molecule has 0 spiro atoms. The minimum absolute atomic E-state index is 0.104. The van der Waals surface area contributed by atoms with Crippen LogP contribution in [0.1, 0.15) is 40.9 Å². The van der Waals surface area contributed by atoms with Gasteiger partial charge in [0.25, 0.3) is 11.5 Å². The number of anilines is 1. The lowest BCUT2D eigenvalue weighted by atomic mass is 9.96. The van der Waals surface area contributed by atoms with E-state index in [1.54, 1.807) is 42.6 Å². The van der Waals surface area contributed by atoms with Gasteiger partial charge in [-0.1, -0.05) is 43.6 Å². The Balaban J connectivity index is 1.62. The number of halogens is 1. The molecule has 0 atom stereocenters. The molecular formula is C29H27ClN6O4S. The summed E-state index contributed by atoms with van der Waals surface area (Å²) < 4.78 is 8.16. The number of carbonyl (C=O) groups excluding carboxylic acids is 2. The minimum Gasteiger partial charge on any atom is -0.364 e. The van der Waals surface area contributed by atoms with Crippen LogP contribution in [0.5, 0.6) is 0 Å². The summed E-state index contributed by atoms with van der Waals surface area (Å²) in [7, 11) is 1.85. The second kappa shape index (κ2) is 11.3. The summed E-state index contributed by atoms with van der Waals surface area (Å²) in [5, 5.41) is 8.33. The Hall–Kier alpha value is -4.35. The van der Waals surface area contributed by atoms with E-state index in [1.165, 1.54) is 32.9 Å². The summed E-state index contributed by atoms with van der Waals surface area (Å²) in [6.07, 6.45) is 2.91. The van der Waals surface area contributed by atoms with Gasteiger partial charge in [-0.25, -0.2) is 0 Å². The smallest absolute Gasteiger partial charge is 0.261 e. The van der Waals surface area contributed by atoms with Crippen LogP contribution in [0.3, 0.4) is 0 Å². The van der Waals surface area contributed by atoms with E-state index >= 15 is 0 Å². The van der Waals surface area contributed by atoms with Crippen LogP contribution in [-0.4, -0.2) is 43.2 Å². The third-order valence-electron chi connectivity index (χ3n) is 6.34. The molecular weight excluding hydrogens is 564 g/mol. The summed E-state index contributed by atoms with van der Waals surface area (Å²) in [4.78, 5) is 47.7. The Morgan fingerprint density at radius 1 is 1.07 bits per heavy atom. The first-order chi connectivity index (χ1) is 19.5. The minimum atomic E-state index is -0.738. The van der Waals surface area contributed by atoms with Gasteiger partial charge in [-0.05, 0) is 36.4 Å². The van der Waals surface area contributed by atoms with E-state index in [2.05, 4.69) is 15.2 Å². The molecule has 0 unspecified atom stereocenters. The predicted molar refractivity (Wildman–Crippen MR) is 158 cm³/mol. The average molecular weight is 591 g/mol. The van der Waals surface area contributed by atoms with Crippen LogP contribution < -0.4 is 10.5 Å². The van der Waals surface area contributed by atoms with Gasteiger partial charge in [-0.2, -0.15) is 9.78 Å². The zero-order chi connectivity index (χ0) is 29.3. The highest BCUT2D eigenvalue weighted by atomic mass is 35.5. The predicted octanol–water partition coefficient (Wildman–Crippen LogP) is 5.68. The number of thiophene rings is 1. The highest BCUT2D eigenvalue weighted by molar-refractivity contribution is 7.16. The number of pyridine rings is 2. The summed E-state index contributed by atoms with van der Waals surface area (Å²) >= 11 is 7.58. The fourth-order valence-electron chi connectivity index (χ4n) is 4.24. The van der Waals surface area contributed by atoms with Crippen LogP contribution >= 0.6 is 22.9 Å². The Morgan fingerprint density at radius 3 is 2.51 bits per heavy atom. The molecule has 5 rings (SSSR count). The molecule has 210 valence electrons. The van der Waals surface area contributed by atoms with Crippen LogP contribution in [0.2, 0.25) is 4.34 Å². The molecule has 0 N–H and O–H groups in total. The van der Waals surface area contributed by atoms with Gasteiger partial charge >= 0.3 is 0 Å². The molecule has 0 amide bonds. The van der Waals surface area contributed by atoms with Gasteiger partial charge in [0.15, 0.2) is 5.69 Å². The standard InChI is InChI=1S/C29H27ClN6O4S/c1-29(2,3)28(39)36-26(34(4)16-18-8-11-25(30)41-18)15-22(32-36)19-9-10-23(20-7-5-6-13-31-20)35(27(19)38)17-24(37)21-12-14-40-33-21/h5-15H,16-17H2,1-4H3.